The molecule has 7 nitrogen and oxygen atoms in total. The van der Waals surface area contributed by atoms with Gasteiger partial charge < -0.3 is 20.5 Å². The standard InChI is InChI=1S/C24H28N2O5/c1-3-16(12-13-22(27)28)26-23(29)15(2)25-24(30)31-14-21-19-10-6-4-8-17(19)18-9-5-7-11-20(18)21/h4-11,15-16,21H,3,12-14H2,1-2H3,(H,25,30)(H,26,29)(H,27,28). The van der Waals surface area contributed by atoms with Crippen molar-refractivity contribution in [2.24, 2.45) is 0 Å². The summed E-state index contributed by atoms with van der Waals surface area (Å²) in [6.45, 7) is 3.61. The van der Waals surface area contributed by atoms with Gasteiger partial charge >= 0.3 is 12.1 Å². The number of ether oxygens (including phenoxy) is 1. The minimum Gasteiger partial charge on any atom is -0.481 e. The number of benzene rings is 2. The summed E-state index contributed by atoms with van der Waals surface area (Å²) in [5.74, 6) is -1.33. The summed E-state index contributed by atoms with van der Waals surface area (Å²) in [7, 11) is 0. The van der Waals surface area contributed by atoms with Gasteiger partial charge in [0, 0.05) is 18.4 Å². The van der Waals surface area contributed by atoms with Crippen molar-refractivity contribution in [1.82, 2.24) is 10.6 Å². The van der Waals surface area contributed by atoms with Crippen LogP contribution in [0, 0.1) is 0 Å². The Morgan fingerprint density at radius 1 is 1.00 bits per heavy atom. The van der Waals surface area contributed by atoms with Gasteiger partial charge in [-0.05, 0) is 42.0 Å². The molecule has 7 heteroatoms. The number of carbonyl (C=O) groups is 3. The summed E-state index contributed by atoms with van der Waals surface area (Å²) in [5.41, 5.74) is 4.52. The zero-order chi connectivity index (χ0) is 22.4. The maximum absolute atomic E-state index is 12.4. The number of rotatable bonds is 9. The Balaban J connectivity index is 1.54. The number of alkyl carbamates (subject to hydrolysis) is 1. The first-order valence-corrected chi connectivity index (χ1v) is 10.5. The molecule has 2 aromatic carbocycles. The van der Waals surface area contributed by atoms with E-state index in [1.54, 1.807) is 6.92 Å². The minimum absolute atomic E-state index is 0.0209. The van der Waals surface area contributed by atoms with Gasteiger partial charge in [0.2, 0.25) is 5.91 Å². The highest BCUT2D eigenvalue weighted by molar-refractivity contribution is 5.85. The van der Waals surface area contributed by atoms with Crippen molar-refractivity contribution in [2.45, 2.75) is 51.1 Å². The predicted molar refractivity (Wildman–Crippen MR) is 117 cm³/mol. The highest BCUT2D eigenvalue weighted by Gasteiger charge is 2.29. The lowest BCUT2D eigenvalue weighted by atomic mass is 9.98. The van der Waals surface area contributed by atoms with Crippen LogP contribution in [0.25, 0.3) is 11.1 Å². The summed E-state index contributed by atoms with van der Waals surface area (Å²) in [6.07, 6.45) is 0.266. The molecule has 0 saturated heterocycles. The number of nitrogens with one attached hydrogen (secondary N) is 2. The lowest BCUT2D eigenvalue weighted by Gasteiger charge is -2.20. The molecule has 1 aliphatic carbocycles. The molecule has 0 aromatic heterocycles. The van der Waals surface area contributed by atoms with E-state index in [4.69, 9.17) is 9.84 Å². The Morgan fingerprint density at radius 3 is 2.13 bits per heavy atom. The average Bonchev–Trinajstić information content (AvgIpc) is 3.08. The minimum atomic E-state index is -0.905. The Kier molecular flexibility index (Phi) is 7.28. The lowest BCUT2D eigenvalue weighted by molar-refractivity contribution is -0.137. The Labute approximate surface area is 181 Å². The Bertz CT molecular complexity index is 913. The highest BCUT2D eigenvalue weighted by atomic mass is 16.5. The number of aliphatic carboxylic acids is 1. The molecule has 0 heterocycles. The molecule has 3 rings (SSSR count). The summed E-state index contributed by atoms with van der Waals surface area (Å²) < 4.78 is 5.46. The van der Waals surface area contributed by atoms with E-state index >= 15 is 0 Å². The summed E-state index contributed by atoms with van der Waals surface area (Å²) in [6, 6.07) is 15.1. The van der Waals surface area contributed by atoms with Crippen LogP contribution in [0.5, 0.6) is 0 Å². The van der Waals surface area contributed by atoms with Gasteiger partial charge in [-0.15, -0.1) is 0 Å². The molecule has 0 bridgehead atoms. The zero-order valence-corrected chi connectivity index (χ0v) is 17.8. The number of carbonyl (C=O) groups excluding carboxylic acids is 2. The largest absolute Gasteiger partial charge is 0.481 e. The summed E-state index contributed by atoms with van der Waals surface area (Å²) >= 11 is 0. The van der Waals surface area contributed by atoms with Crippen LogP contribution in [0.4, 0.5) is 4.79 Å². The van der Waals surface area contributed by atoms with Gasteiger partial charge in [-0.1, -0.05) is 55.5 Å². The van der Waals surface area contributed by atoms with Crippen molar-refractivity contribution in [3.05, 3.63) is 59.7 Å². The topological polar surface area (TPSA) is 105 Å². The molecular weight excluding hydrogens is 396 g/mol. The lowest BCUT2D eigenvalue weighted by Crippen LogP contribution is -2.48. The van der Waals surface area contributed by atoms with Crippen LogP contribution in [0.15, 0.2) is 48.5 Å². The molecular formula is C24H28N2O5. The number of carboxylic acid groups (broad SMARTS) is 1. The third-order valence-corrected chi connectivity index (χ3v) is 5.62. The summed E-state index contributed by atoms with van der Waals surface area (Å²) in [4.78, 5) is 35.4. The molecule has 2 amide bonds. The van der Waals surface area contributed by atoms with E-state index in [9.17, 15) is 14.4 Å². The van der Waals surface area contributed by atoms with E-state index in [2.05, 4.69) is 22.8 Å². The predicted octanol–water partition coefficient (Wildman–Crippen LogP) is 3.67. The van der Waals surface area contributed by atoms with Gasteiger partial charge in [0.05, 0.1) is 0 Å². The van der Waals surface area contributed by atoms with E-state index in [1.807, 2.05) is 43.3 Å². The molecule has 1 aliphatic rings. The van der Waals surface area contributed by atoms with Crippen molar-refractivity contribution in [3.63, 3.8) is 0 Å². The molecule has 3 N–H and O–H groups in total. The Morgan fingerprint density at radius 2 is 1.58 bits per heavy atom. The van der Waals surface area contributed by atoms with Crippen LogP contribution >= 0.6 is 0 Å². The van der Waals surface area contributed by atoms with E-state index in [0.717, 1.165) is 22.3 Å². The highest BCUT2D eigenvalue weighted by Crippen LogP contribution is 2.44. The zero-order valence-electron chi connectivity index (χ0n) is 17.8. The van der Waals surface area contributed by atoms with Crippen molar-refractivity contribution < 1.29 is 24.2 Å². The van der Waals surface area contributed by atoms with Crippen LogP contribution in [-0.2, 0) is 14.3 Å². The number of carboxylic acids is 1. The maximum Gasteiger partial charge on any atom is 0.407 e. The van der Waals surface area contributed by atoms with Gasteiger partial charge in [0.15, 0.2) is 0 Å². The van der Waals surface area contributed by atoms with Crippen molar-refractivity contribution in [2.75, 3.05) is 6.61 Å². The third kappa shape index (κ3) is 5.42. The maximum atomic E-state index is 12.4. The van der Waals surface area contributed by atoms with Crippen molar-refractivity contribution in [3.8, 4) is 11.1 Å². The first kappa shape index (κ1) is 22.3. The molecule has 164 valence electrons. The molecule has 2 atom stereocenters. The normalized spacial score (nSPS) is 14.1. The average molecular weight is 424 g/mol. The summed E-state index contributed by atoms with van der Waals surface area (Å²) in [5, 5.41) is 14.1. The smallest absolute Gasteiger partial charge is 0.407 e. The van der Waals surface area contributed by atoms with E-state index in [0.29, 0.717) is 12.8 Å². The van der Waals surface area contributed by atoms with Crippen molar-refractivity contribution in [1.29, 1.82) is 0 Å². The molecule has 0 fully saturated rings. The molecule has 2 aromatic rings. The van der Waals surface area contributed by atoms with Gasteiger partial charge in [-0.3, -0.25) is 9.59 Å². The monoisotopic (exact) mass is 424 g/mol. The molecule has 2 unspecified atom stereocenters. The third-order valence-electron chi connectivity index (χ3n) is 5.62. The second kappa shape index (κ2) is 10.1. The van der Waals surface area contributed by atoms with Gasteiger partial charge in [-0.2, -0.15) is 0 Å². The van der Waals surface area contributed by atoms with Gasteiger partial charge in [-0.25, -0.2) is 4.79 Å². The molecule has 0 aliphatic heterocycles. The van der Waals surface area contributed by atoms with E-state index in [1.165, 1.54) is 0 Å². The fraction of sp³-hybridized carbons (Fsp3) is 0.375. The van der Waals surface area contributed by atoms with E-state index < -0.39 is 18.1 Å². The second-order valence-corrected chi connectivity index (χ2v) is 7.74. The molecule has 31 heavy (non-hydrogen) atoms. The van der Waals surface area contributed by atoms with E-state index in [-0.39, 0.29) is 30.9 Å². The number of fused-ring (bicyclic) bond motifs is 3. The van der Waals surface area contributed by atoms with Crippen LogP contribution < -0.4 is 10.6 Å². The fourth-order valence-electron chi connectivity index (χ4n) is 3.88. The van der Waals surface area contributed by atoms with Crippen LogP contribution in [0.3, 0.4) is 0 Å². The van der Waals surface area contributed by atoms with Crippen LogP contribution in [-0.4, -0.2) is 41.8 Å². The van der Waals surface area contributed by atoms with Crippen molar-refractivity contribution >= 4 is 18.0 Å². The SMILES string of the molecule is CCC(CCC(=O)O)NC(=O)C(C)NC(=O)OCC1c2ccccc2-c2ccccc21. The quantitative estimate of drug-likeness (QED) is 0.570. The van der Waals surface area contributed by atoms with Gasteiger partial charge in [0.25, 0.3) is 0 Å². The van der Waals surface area contributed by atoms with Crippen LogP contribution in [0.2, 0.25) is 0 Å². The number of amides is 2. The number of hydrogen-bond donors (Lipinski definition) is 3. The molecule has 0 saturated carbocycles. The fourth-order valence-corrected chi connectivity index (χ4v) is 3.88. The van der Waals surface area contributed by atoms with Gasteiger partial charge in [0.1, 0.15) is 12.6 Å². The van der Waals surface area contributed by atoms with Crippen LogP contribution in [0.1, 0.15) is 50.2 Å². The first-order chi connectivity index (χ1) is 14.9. The first-order valence-electron chi connectivity index (χ1n) is 10.5. The number of hydrogen-bond acceptors (Lipinski definition) is 4. The molecule has 0 spiro atoms. The Hall–Kier alpha value is -3.35. The molecule has 0 radical (unpaired) electrons. The second-order valence-electron chi connectivity index (χ2n) is 7.74.